The molecule has 10 aromatic rings. The summed E-state index contributed by atoms with van der Waals surface area (Å²) in [5.74, 6) is 0. The molecule has 4 nitrogen and oxygen atoms in total. The number of rotatable bonds is 5. The monoisotopic (exact) mass is 660 g/mol. The smallest absolute Gasteiger partial charge is 0.187 e. The Morgan fingerprint density at radius 1 is 0.519 bits per heavy atom. The number of hydrogen-bond acceptors (Lipinski definition) is 2. The van der Waals surface area contributed by atoms with Crippen LogP contribution in [-0.4, -0.2) is 4.57 Å². The molecule has 0 unspecified atom stereocenters. The van der Waals surface area contributed by atoms with E-state index in [2.05, 4.69) is 142 Å². The van der Waals surface area contributed by atoms with Gasteiger partial charge in [0, 0.05) is 38.3 Å². The predicted molar refractivity (Wildman–Crippen MR) is 216 cm³/mol. The minimum Gasteiger partial charge on any atom is -0.310 e. The Morgan fingerprint density at radius 3 is 1.79 bits per heavy atom. The molecule has 1 heterocycles. The van der Waals surface area contributed by atoms with Crippen LogP contribution in [0.3, 0.4) is 0 Å². The highest BCUT2D eigenvalue weighted by Gasteiger charge is 2.25. The summed E-state index contributed by atoms with van der Waals surface area (Å²) in [5.41, 5.74) is 9.99. The van der Waals surface area contributed by atoms with E-state index in [0.29, 0.717) is 11.3 Å². The minimum atomic E-state index is 0.589. The number of hydrogen-bond donors (Lipinski definition) is 0. The molecule has 240 valence electrons. The van der Waals surface area contributed by atoms with Crippen molar-refractivity contribution in [1.29, 1.82) is 5.26 Å². The highest BCUT2D eigenvalue weighted by molar-refractivity contribution is 6.28. The number of fused-ring (bicyclic) bond motifs is 2. The lowest BCUT2D eigenvalue weighted by Crippen LogP contribution is -2.10. The molecule has 0 N–H and O–H groups in total. The summed E-state index contributed by atoms with van der Waals surface area (Å²) in [4.78, 5) is 5.86. The van der Waals surface area contributed by atoms with Crippen LogP contribution in [0, 0.1) is 17.9 Å². The van der Waals surface area contributed by atoms with Gasteiger partial charge in [0.25, 0.3) is 0 Å². The van der Waals surface area contributed by atoms with E-state index in [1.165, 1.54) is 54.5 Å². The molecular formula is C48H28N4. The van der Waals surface area contributed by atoms with E-state index >= 15 is 0 Å². The Morgan fingerprint density at radius 2 is 1.13 bits per heavy atom. The van der Waals surface area contributed by atoms with Gasteiger partial charge in [-0.25, -0.2) is 4.85 Å². The van der Waals surface area contributed by atoms with Crippen LogP contribution in [-0.2, 0) is 0 Å². The van der Waals surface area contributed by atoms with Gasteiger partial charge < -0.3 is 9.47 Å². The maximum atomic E-state index is 9.56. The molecule has 0 aliphatic rings. The highest BCUT2D eigenvalue weighted by atomic mass is 15.1. The third-order valence-electron chi connectivity index (χ3n) is 10.4. The van der Waals surface area contributed by atoms with Crippen LogP contribution in [0.5, 0.6) is 0 Å². The van der Waals surface area contributed by atoms with Gasteiger partial charge >= 0.3 is 0 Å². The Hall–Kier alpha value is -7.40. The normalized spacial score (nSPS) is 11.4. The van der Waals surface area contributed by atoms with E-state index < -0.39 is 0 Å². The molecule has 0 saturated carbocycles. The summed E-state index contributed by atoms with van der Waals surface area (Å²) in [7, 11) is 0. The van der Waals surface area contributed by atoms with Crippen molar-refractivity contribution in [3.63, 3.8) is 0 Å². The third-order valence-corrected chi connectivity index (χ3v) is 10.4. The van der Waals surface area contributed by atoms with Crippen molar-refractivity contribution in [2.45, 2.75) is 0 Å². The van der Waals surface area contributed by atoms with Crippen molar-refractivity contribution < 1.29 is 0 Å². The number of anilines is 3. The molecule has 0 bridgehead atoms. The number of aromatic nitrogens is 1. The molecule has 10 rings (SSSR count). The second-order valence-corrected chi connectivity index (χ2v) is 13.1. The van der Waals surface area contributed by atoms with Crippen molar-refractivity contribution in [3.8, 4) is 22.9 Å². The van der Waals surface area contributed by atoms with Crippen molar-refractivity contribution >= 4 is 76.9 Å². The summed E-state index contributed by atoms with van der Waals surface area (Å²) in [6, 6.07) is 61.5. The molecule has 9 aromatic carbocycles. The van der Waals surface area contributed by atoms with Crippen LogP contribution in [0.1, 0.15) is 5.56 Å². The van der Waals surface area contributed by atoms with Gasteiger partial charge in [0.05, 0.1) is 40.6 Å². The zero-order chi connectivity index (χ0) is 34.8. The molecule has 0 radical (unpaired) electrons. The number of nitrogens with zero attached hydrogens (tertiary/aromatic N) is 4. The van der Waals surface area contributed by atoms with Crippen LogP contribution >= 0.6 is 0 Å². The van der Waals surface area contributed by atoms with Gasteiger partial charge in [-0.15, -0.1) is 0 Å². The van der Waals surface area contributed by atoms with Gasteiger partial charge in [0.2, 0.25) is 0 Å². The maximum Gasteiger partial charge on any atom is 0.187 e. The molecular weight excluding hydrogens is 633 g/mol. The number of benzene rings is 9. The van der Waals surface area contributed by atoms with Gasteiger partial charge in [-0.3, -0.25) is 0 Å². The Bertz CT molecular complexity index is 2950. The second-order valence-electron chi connectivity index (χ2n) is 13.1. The van der Waals surface area contributed by atoms with Crippen LogP contribution in [0.15, 0.2) is 170 Å². The fraction of sp³-hybridized carbons (Fsp3) is 0. The van der Waals surface area contributed by atoms with Gasteiger partial charge in [-0.1, -0.05) is 115 Å². The first-order chi connectivity index (χ1) is 25.7. The lowest BCUT2D eigenvalue weighted by molar-refractivity contribution is 1.21. The van der Waals surface area contributed by atoms with E-state index in [0.717, 1.165) is 33.5 Å². The molecule has 4 heteroatoms. The third kappa shape index (κ3) is 4.32. The fourth-order valence-electron chi connectivity index (χ4n) is 8.16. The first-order valence-electron chi connectivity index (χ1n) is 17.3. The Kier molecular flexibility index (Phi) is 6.58. The van der Waals surface area contributed by atoms with Crippen molar-refractivity contribution in [2.24, 2.45) is 0 Å². The zero-order valence-corrected chi connectivity index (χ0v) is 28.0. The van der Waals surface area contributed by atoms with E-state index in [-0.39, 0.29) is 0 Å². The zero-order valence-electron chi connectivity index (χ0n) is 28.0. The maximum absolute atomic E-state index is 9.56. The molecule has 0 amide bonds. The molecule has 0 saturated heterocycles. The molecule has 0 aliphatic carbocycles. The summed E-state index contributed by atoms with van der Waals surface area (Å²) in [6.45, 7) is 7.53. The van der Waals surface area contributed by atoms with Gasteiger partial charge in [0.15, 0.2) is 5.69 Å². The van der Waals surface area contributed by atoms with Crippen molar-refractivity contribution in [1.82, 2.24) is 4.57 Å². The average Bonchev–Trinajstić information content (AvgIpc) is 3.55. The van der Waals surface area contributed by atoms with Gasteiger partial charge in [-0.2, -0.15) is 5.26 Å². The number of nitriles is 1. The summed E-state index contributed by atoms with van der Waals surface area (Å²) < 4.78 is 2.48. The van der Waals surface area contributed by atoms with Crippen LogP contribution in [0.25, 0.3) is 75.8 Å². The molecule has 0 fully saturated rings. The van der Waals surface area contributed by atoms with E-state index in [1.807, 2.05) is 48.5 Å². The topological polar surface area (TPSA) is 36.3 Å². The summed E-state index contributed by atoms with van der Waals surface area (Å²) in [5, 5.41) is 19.1. The predicted octanol–water partition coefficient (Wildman–Crippen LogP) is 13.2. The molecule has 52 heavy (non-hydrogen) atoms. The molecule has 0 atom stereocenters. The van der Waals surface area contributed by atoms with Crippen LogP contribution in [0.2, 0.25) is 0 Å². The SMILES string of the molecule is [C-]#[N+]c1ccc(N(c2ccc(C#N)cc2)c2ccc3c4c2ccc2cccc(c24)n3-c2c3ccccc3c(-c3ccccc3)c3ccccc23)cc1. The van der Waals surface area contributed by atoms with E-state index in [9.17, 15) is 5.26 Å². The van der Waals surface area contributed by atoms with Crippen molar-refractivity contribution in [2.75, 3.05) is 4.90 Å². The fourth-order valence-corrected chi connectivity index (χ4v) is 8.16. The standard InChI is InChI=1S/C48H28N4/c1-50-34-21-25-36(26-22-34)51(35-23-18-31(30-49)19-24-35)42-28-29-44-47-41(42)27-20-33-12-9-17-43(46(33)47)52(44)48-39-15-7-5-13-37(39)45(32-10-3-2-4-11-32)38-14-6-8-16-40(38)48/h2-29H. The van der Waals surface area contributed by atoms with Gasteiger partial charge in [0.1, 0.15) is 0 Å². The molecule has 1 aromatic heterocycles. The summed E-state index contributed by atoms with van der Waals surface area (Å²) in [6.07, 6.45) is 0. The lowest BCUT2D eigenvalue weighted by Gasteiger charge is -2.27. The molecule has 0 spiro atoms. The first-order valence-corrected chi connectivity index (χ1v) is 17.3. The average molecular weight is 661 g/mol. The summed E-state index contributed by atoms with van der Waals surface area (Å²) >= 11 is 0. The van der Waals surface area contributed by atoms with Gasteiger partial charge in [-0.05, 0) is 81.9 Å². The minimum absolute atomic E-state index is 0.589. The lowest BCUT2D eigenvalue weighted by atomic mass is 9.90. The van der Waals surface area contributed by atoms with Crippen molar-refractivity contribution in [3.05, 3.63) is 187 Å². The second kappa shape index (κ2) is 11.6. The first kappa shape index (κ1) is 29.5. The Balaban J connectivity index is 1.31. The highest BCUT2D eigenvalue weighted by Crippen LogP contribution is 2.48. The largest absolute Gasteiger partial charge is 0.310 e. The quantitative estimate of drug-likeness (QED) is 0.105. The van der Waals surface area contributed by atoms with Crippen LogP contribution in [0.4, 0.5) is 22.7 Å². The van der Waals surface area contributed by atoms with E-state index in [1.54, 1.807) is 0 Å². The van der Waals surface area contributed by atoms with E-state index in [4.69, 9.17) is 6.57 Å². The molecule has 0 aliphatic heterocycles. The Labute approximate surface area is 300 Å². The van der Waals surface area contributed by atoms with Crippen LogP contribution < -0.4 is 4.90 Å².